The van der Waals surface area contributed by atoms with Crippen molar-refractivity contribution in [1.82, 2.24) is 5.32 Å². The summed E-state index contributed by atoms with van der Waals surface area (Å²) < 4.78 is 5.44. The van der Waals surface area contributed by atoms with E-state index in [0.717, 1.165) is 17.9 Å². The van der Waals surface area contributed by atoms with Gasteiger partial charge in [-0.25, -0.2) is 0 Å². The molecule has 0 bridgehead atoms. The SMILES string of the molecule is CCOc1ccc(C(C)(CO)NCc2cccs2)cc1. The van der Waals surface area contributed by atoms with Gasteiger partial charge in [0.25, 0.3) is 0 Å². The van der Waals surface area contributed by atoms with E-state index >= 15 is 0 Å². The van der Waals surface area contributed by atoms with E-state index in [4.69, 9.17) is 4.74 Å². The predicted octanol–water partition coefficient (Wildman–Crippen LogP) is 3.14. The van der Waals surface area contributed by atoms with Gasteiger partial charge in [0.05, 0.1) is 18.8 Å². The number of aliphatic hydroxyl groups is 1. The van der Waals surface area contributed by atoms with Crippen LogP contribution in [0.4, 0.5) is 0 Å². The molecular weight excluding hydrogens is 270 g/mol. The van der Waals surface area contributed by atoms with E-state index in [2.05, 4.69) is 16.8 Å². The van der Waals surface area contributed by atoms with Gasteiger partial charge in [-0.15, -0.1) is 11.3 Å². The highest BCUT2D eigenvalue weighted by molar-refractivity contribution is 7.09. The fraction of sp³-hybridized carbons (Fsp3) is 0.375. The first-order valence-corrected chi connectivity index (χ1v) is 7.67. The van der Waals surface area contributed by atoms with Crippen LogP contribution in [-0.4, -0.2) is 18.3 Å². The molecule has 4 heteroatoms. The Morgan fingerprint density at radius 3 is 2.55 bits per heavy atom. The van der Waals surface area contributed by atoms with Gasteiger partial charge in [0.15, 0.2) is 0 Å². The van der Waals surface area contributed by atoms with Crippen LogP contribution < -0.4 is 10.1 Å². The van der Waals surface area contributed by atoms with Crippen LogP contribution in [0.1, 0.15) is 24.3 Å². The molecule has 0 spiro atoms. The lowest BCUT2D eigenvalue weighted by Crippen LogP contribution is -2.42. The highest BCUT2D eigenvalue weighted by atomic mass is 32.1. The molecule has 0 aliphatic rings. The van der Waals surface area contributed by atoms with Crippen LogP contribution in [0.3, 0.4) is 0 Å². The van der Waals surface area contributed by atoms with Gasteiger partial charge in [-0.1, -0.05) is 18.2 Å². The normalized spacial score (nSPS) is 13.9. The van der Waals surface area contributed by atoms with Crippen molar-refractivity contribution in [3.8, 4) is 5.75 Å². The third kappa shape index (κ3) is 3.60. The summed E-state index contributed by atoms with van der Waals surface area (Å²) in [5.41, 5.74) is 0.606. The van der Waals surface area contributed by atoms with Gasteiger partial charge in [0, 0.05) is 11.4 Å². The van der Waals surface area contributed by atoms with Crippen LogP contribution in [-0.2, 0) is 12.1 Å². The van der Waals surface area contributed by atoms with Crippen molar-refractivity contribution in [1.29, 1.82) is 0 Å². The predicted molar refractivity (Wildman–Crippen MR) is 83.2 cm³/mol. The lowest BCUT2D eigenvalue weighted by molar-refractivity contribution is 0.174. The smallest absolute Gasteiger partial charge is 0.119 e. The molecular formula is C16H21NO2S. The monoisotopic (exact) mass is 291 g/mol. The number of thiophene rings is 1. The topological polar surface area (TPSA) is 41.5 Å². The van der Waals surface area contributed by atoms with E-state index in [0.29, 0.717) is 6.61 Å². The Morgan fingerprint density at radius 2 is 2.00 bits per heavy atom. The zero-order valence-corrected chi connectivity index (χ0v) is 12.7. The Hall–Kier alpha value is -1.36. The third-order valence-electron chi connectivity index (χ3n) is 3.35. The summed E-state index contributed by atoms with van der Waals surface area (Å²) in [5.74, 6) is 0.856. The lowest BCUT2D eigenvalue weighted by atomic mass is 9.92. The molecule has 108 valence electrons. The number of nitrogens with one attached hydrogen (secondary N) is 1. The van der Waals surface area contributed by atoms with Crippen molar-refractivity contribution in [3.63, 3.8) is 0 Å². The van der Waals surface area contributed by atoms with Gasteiger partial charge in [0.1, 0.15) is 5.75 Å². The maximum absolute atomic E-state index is 9.75. The van der Waals surface area contributed by atoms with Crippen LogP contribution in [0.2, 0.25) is 0 Å². The second kappa shape index (κ2) is 6.88. The summed E-state index contributed by atoms with van der Waals surface area (Å²) in [6, 6.07) is 12.0. The summed E-state index contributed by atoms with van der Waals surface area (Å²) in [7, 11) is 0. The average Bonchev–Trinajstić information content (AvgIpc) is 2.99. The zero-order valence-electron chi connectivity index (χ0n) is 11.9. The molecule has 1 atom stereocenters. The van der Waals surface area contributed by atoms with Gasteiger partial charge in [0.2, 0.25) is 0 Å². The summed E-state index contributed by atoms with van der Waals surface area (Å²) in [5, 5.41) is 15.2. The number of rotatable bonds is 7. The van der Waals surface area contributed by atoms with E-state index in [9.17, 15) is 5.11 Å². The highest BCUT2D eigenvalue weighted by Gasteiger charge is 2.25. The van der Waals surface area contributed by atoms with Crippen molar-refractivity contribution in [2.24, 2.45) is 0 Å². The van der Waals surface area contributed by atoms with E-state index in [1.807, 2.05) is 44.2 Å². The lowest BCUT2D eigenvalue weighted by Gasteiger charge is -2.29. The van der Waals surface area contributed by atoms with Crippen molar-refractivity contribution in [2.45, 2.75) is 25.9 Å². The maximum Gasteiger partial charge on any atom is 0.119 e. The van der Waals surface area contributed by atoms with E-state index in [-0.39, 0.29) is 6.61 Å². The molecule has 1 aromatic carbocycles. The second-order valence-corrected chi connectivity index (χ2v) is 5.91. The quantitative estimate of drug-likeness (QED) is 0.823. The Kier molecular flexibility index (Phi) is 5.17. The molecule has 0 saturated carbocycles. The first kappa shape index (κ1) is 15.0. The fourth-order valence-corrected chi connectivity index (χ4v) is 2.67. The third-order valence-corrected chi connectivity index (χ3v) is 4.23. The number of benzene rings is 1. The molecule has 0 amide bonds. The number of aliphatic hydroxyl groups excluding tert-OH is 1. The molecule has 1 aromatic heterocycles. The van der Waals surface area contributed by atoms with Crippen molar-refractivity contribution in [3.05, 3.63) is 52.2 Å². The van der Waals surface area contributed by atoms with Crippen molar-refractivity contribution in [2.75, 3.05) is 13.2 Å². The molecule has 1 heterocycles. The highest BCUT2D eigenvalue weighted by Crippen LogP contribution is 2.24. The molecule has 0 aliphatic carbocycles. The molecule has 3 nitrogen and oxygen atoms in total. The molecule has 2 rings (SSSR count). The van der Waals surface area contributed by atoms with E-state index in [1.165, 1.54) is 4.88 Å². The van der Waals surface area contributed by atoms with E-state index in [1.54, 1.807) is 11.3 Å². The van der Waals surface area contributed by atoms with Gasteiger partial charge >= 0.3 is 0 Å². The fourth-order valence-electron chi connectivity index (χ4n) is 2.03. The minimum absolute atomic E-state index is 0.0480. The molecule has 2 N–H and O–H groups in total. The summed E-state index contributed by atoms with van der Waals surface area (Å²) in [4.78, 5) is 1.26. The molecule has 0 aliphatic heterocycles. The van der Waals surface area contributed by atoms with Crippen LogP contribution in [0.5, 0.6) is 5.75 Å². The molecule has 1 unspecified atom stereocenters. The standard InChI is InChI=1S/C16H21NO2S/c1-3-19-14-8-6-13(7-9-14)16(2,12-18)17-11-15-5-4-10-20-15/h4-10,17-18H,3,11-12H2,1-2H3. The molecule has 0 fully saturated rings. The Balaban J connectivity index is 2.08. The molecule has 0 radical (unpaired) electrons. The summed E-state index contributed by atoms with van der Waals surface area (Å²) in [6.45, 7) is 5.44. The van der Waals surface area contributed by atoms with Gasteiger partial charge in [-0.2, -0.15) is 0 Å². The summed E-state index contributed by atoms with van der Waals surface area (Å²) in [6.07, 6.45) is 0. The number of hydrogen-bond acceptors (Lipinski definition) is 4. The summed E-state index contributed by atoms with van der Waals surface area (Å²) >= 11 is 1.71. The Bertz CT molecular complexity index is 510. The Labute approximate surface area is 124 Å². The minimum atomic E-state index is -0.450. The van der Waals surface area contributed by atoms with Gasteiger partial charge in [-0.3, -0.25) is 0 Å². The van der Waals surface area contributed by atoms with Crippen molar-refractivity contribution >= 4 is 11.3 Å². The van der Waals surface area contributed by atoms with Crippen molar-refractivity contribution < 1.29 is 9.84 Å². The number of hydrogen-bond donors (Lipinski definition) is 2. The molecule has 0 saturated heterocycles. The van der Waals surface area contributed by atoms with Crippen LogP contribution in [0.25, 0.3) is 0 Å². The molecule has 2 aromatic rings. The van der Waals surface area contributed by atoms with Crippen LogP contribution in [0.15, 0.2) is 41.8 Å². The number of ether oxygens (including phenoxy) is 1. The van der Waals surface area contributed by atoms with E-state index < -0.39 is 5.54 Å². The molecule has 20 heavy (non-hydrogen) atoms. The Morgan fingerprint density at radius 1 is 1.25 bits per heavy atom. The first-order chi connectivity index (χ1) is 9.68. The first-order valence-electron chi connectivity index (χ1n) is 6.79. The average molecular weight is 291 g/mol. The largest absolute Gasteiger partial charge is 0.494 e. The van der Waals surface area contributed by atoms with Crippen LogP contribution >= 0.6 is 11.3 Å². The van der Waals surface area contributed by atoms with Gasteiger partial charge in [-0.05, 0) is 43.0 Å². The minimum Gasteiger partial charge on any atom is -0.494 e. The van der Waals surface area contributed by atoms with Gasteiger partial charge < -0.3 is 15.2 Å². The second-order valence-electron chi connectivity index (χ2n) is 4.88. The van der Waals surface area contributed by atoms with Crippen LogP contribution in [0, 0.1) is 0 Å². The maximum atomic E-state index is 9.75. The zero-order chi connectivity index (χ0) is 14.4.